The number of carboxylic acid groups (broad SMARTS) is 2. The van der Waals surface area contributed by atoms with Gasteiger partial charge >= 0.3 is 18.0 Å². The Morgan fingerprint density at radius 1 is 1.14 bits per heavy atom. The minimum atomic E-state index is -1.19. The number of carboxylic acids is 2. The number of rotatable bonds is 5. The van der Waals surface area contributed by atoms with Crippen LogP contribution in [0.1, 0.15) is 44.9 Å². The van der Waals surface area contributed by atoms with E-state index in [1.807, 2.05) is 0 Å². The van der Waals surface area contributed by atoms with E-state index in [4.69, 9.17) is 10.2 Å². The number of hydrogen-bond donors (Lipinski definition) is 3. The zero-order valence-electron chi connectivity index (χ0n) is 12.0. The Balaban J connectivity index is 1.94. The summed E-state index contributed by atoms with van der Waals surface area (Å²) in [5.41, 5.74) is 0. The number of nitrogens with one attached hydrogen (secondary N) is 1. The molecule has 1 aliphatic heterocycles. The van der Waals surface area contributed by atoms with Crippen molar-refractivity contribution >= 4 is 18.0 Å². The average molecular weight is 298 g/mol. The zero-order chi connectivity index (χ0) is 15.4. The summed E-state index contributed by atoms with van der Waals surface area (Å²) in [5, 5.41) is 20.2. The van der Waals surface area contributed by atoms with Crippen molar-refractivity contribution in [3.05, 3.63) is 0 Å². The third-order valence-corrected chi connectivity index (χ3v) is 4.50. The molecular weight excluding hydrogens is 276 g/mol. The van der Waals surface area contributed by atoms with Gasteiger partial charge in [0.15, 0.2) is 0 Å². The molecule has 0 spiro atoms. The first-order chi connectivity index (χ1) is 9.99. The second-order valence-electron chi connectivity index (χ2n) is 5.87. The number of likely N-dealkylation sites (tertiary alicyclic amines) is 1. The van der Waals surface area contributed by atoms with E-state index in [2.05, 4.69) is 5.32 Å². The van der Waals surface area contributed by atoms with Crippen LogP contribution in [-0.2, 0) is 9.59 Å². The summed E-state index contributed by atoms with van der Waals surface area (Å²) < 4.78 is 0. The van der Waals surface area contributed by atoms with Crippen LogP contribution in [0, 0.1) is 5.92 Å². The highest BCUT2D eigenvalue weighted by atomic mass is 16.4. The monoisotopic (exact) mass is 298 g/mol. The second kappa shape index (κ2) is 6.78. The van der Waals surface area contributed by atoms with Gasteiger partial charge in [0.2, 0.25) is 0 Å². The highest BCUT2D eigenvalue weighted by molar-refractivity contribution is 5.83. The maximum Gasteiger partial charge on any atom is 0.326 e. The molecule has 7 nitrogen and oxygen atoms in total. The van der Waals surface area contributed by atoms with Gasteiger partial charge in [-0.3, -0.25) is 4.79 Å². The number of hydrogen-bond acceptors (Lipinski definition) is 3. The fourth-order valence-corrected chi connectivity index (χ4v) is 3.46. The molecule has 1 saturated heterocycles. The Bertz CT molecular complexity index is 426. The molecule has 2 amide bonds. The highest BCUT2D eigenvalue weighted by Gasteiger charge is 2.38. The van der Waals surface area contributed by atoms with Crippen molar-refractivity contribution in [1.29, 1.82) is 0 Å². The largest absolute Gasteiger partial charge is 0.481 e. The van der Waals surface area contributed by atoms with E-state index >= 15 is 0 Å². The second-order valence-corrected chi connectivity index (χ2v) is 5.87. The summed E-state index contributed by atoms with van der Waals surface area (Å²) in [6, 6.07) is -1.30. The molecule has 3 N–H and O–H groups in total. The molecule has 1 heterocycles. The Hall–Kier alpha value is -1.79. The molecule has 7 heteroatoms. The molecule has 2 unspecified atom stereocenters. The third kappa shape index (κ3) is 3.86. The summed E-state index contributed by atoms with van der Waals surface area (Å²) in [7, 11) is 0. The Morgan fingerprint density at radius 2 is 1.86 bits per heavy atom. The molecule has 2 aliphatic rings. The molecule has 1 saturated carbocycles. The first-order valence-electron chi connectivity index (χ1n) is 7.50. The van der Waals surface area contributed by atoms with Crippen molar-refractivity contribution in [2.75, 3.05) is 6.54 Å². The van der Waals surface area contributed by atoms with Gasteiger partial charge in [-0.25, -0.2) is 9.59 Å². The number of carbonyl (C=O) groups is 3. The van der Waals surface area contributed by atoms with Crippen molar-refractivity contribution in [3.63, 3.8) is 0 Å². The number of fused-ring (bicyclic) bond motifs is 1. The SMILES string of the molecule is O=C(O)CC[C@H](NC(=O)N1CCCC2CCCC21)C(=O)O. The van der Waals surface area contributed by atoms with Crippen LogP contribution in [0.15, 0.2) is 0 Å². The minimum Gasteiger partial charge on any atom is -0.481 e. The van der Waals surface area contributed by atoms with Crippen molar-refractivity contribution in [2.24, 2.45) is 5.92 Å². The number of urea groups is 1. The molecule has 0 bridgehead atoms. The van der Waals surface area contributed by atoms with Gasteiger partial charge in [0, 0.05) is 19.0 Å². The van der Waals surface area contributed by atoms with E-state index in [0.29, 0.717) is 12.5 Å². The molecular formula is C14H22N2O5. The molecule has 0 aromatic rings. The Kier molecular flexibility index (Phi) is 5.03. The van der Waals surface area contributed by atoms with Crippen molar-refractivity contribution in [1.82, 2.24) is 10.2 Å². The Labute approximate surface area is 123 Å². The highest BCUT2D eigenvalue weighted by Crippen LogP contribution is 2.36. The topological polar surface area (TPSA) is 107 Å². The normalized spacial score (nSPS) is 26.0. The number of amides is 2. The van der Waals surface area contributed by atoms with Gasteiger partial charge in [0.05, 0.1) is 0 Å². The van der Waals surface area contributed by atoms with Crippen LogP contribution in [0.25, 0.3) is 0 Å². The van der Waals surface area contributed by atoms with Gasteiger partial charge in [-0.15, -0.1) is 0 Å². The van der Waals surface area contributed by atoms with Crippen LogP contribution in [0.5, 0.6) is 0 Å². The molecule has 1 aliphatic carbocycles. The van der Waals surface area contributed by atoms with E-state index in [0.717, 1.165) is 32.1 Å². The first-order valence-corrected chi connectivity index (χ1v) is 7.50. The molecule has 0 radical (unpaired) electrons. The number of piperidine rings is 1. The first kappa shape index (κ1) is 15.6. The van der Waals surface area contributed by atoms with Gasteiger partial charge in [-0.05, 0) is 38.0 Å². The van der Waals surface area contributed by atoms with Gasteiger partial charge in [0.25, 0.3) is 0 Å². The average Bonchev–Trinajstić information content (AvgIpc) is 2.90. The van der Waals surface area contributed by atoms with Crippen molar-refractivity contribution in [2.45, 2.75) is 57.0 Å². The molecule has 2 rings (SSSR count). The summed E-state index contributed by atoms with van der Waals surface area (Å²) in [5.74, 6) is -1.72. The quantitative estimate of drug-likeness (QED) is 0.708. The summed E-state index contributed by atoms with van der Waals surface area (Å²) in [4.78, 5) is 35.7. The lowest BCUT2D eigenvalue weighted by atomic mass is 9.92. The van der Waals surface area contributed by atoms with E-state index < -0.39 is 18.0 Å². The third-order valence-electron chi connectivity index (χ3n) is 4.50. The van der Waals surface area contributed by atoms with E-state index in [1.54, 1.807) is 4.90 Å². The lowest BCUT2D eigenvalue weighted by Crippen LogP contribution is -2.54. The molecule has 3 atom stereocenters. The molecule has 0 aromatic carbocycles. The molecule has 0 aromatic heterocycles. The fraction of sp³-hybridized carbons (Fsp3) is 0.786. The van der Waals surface area contributed by atoms with Gasteiger partial charge in [-0.1, -0.05) is 6.42 Å². The standard InChI is InChI=1S/C14H22N2O5/c17-12(18)7-6-10(13(19)20)15-14(21)16-8-2-4-9-3-1-5-11(9)16/h9-11H,1-8H2,(H,15,21)(H,17,18)(H,19,20)/t9?,10-,11?/m0/s1. The van der Waals surface area contributed by atoms with Gasteiger partial charge in [-0.2, -0.15) is 0 Å². The smallest absolute Gasteiger partial charge is 0.326 e. The minimum absolute atomic E-state index is 0.0989. The van der Waals surface area contributed by atoms with E-state index in [9.17, 15) is 14.4 Å². The van der Waals surface area contributed by atoms with Gasteiger partial charge < -0.3 is 20.4 Å². The Morgan fingerprint density at radius 3 is 2.52 bits per heavy atom. The molecule has 21 heavy (non-hydrogen) atoms. The lowest BCUT2D eigenvalue weighted by molar-refractivity contribution is -0.140. The maximum atomic E-state index is 12.3. The van der Waals surface area contributed by atoms with Crippen LogP contribution in [0.2, 0.25) is 0 Å². The van der Waals surface area contributed by atoms with Crippen molar-refractivity contribution < 1.29 is 24.6 Å². The fourth-order valence-electron chi connectivity index (χ4n) is 3.46. The maximum absolute atomic E-state index is 12.3. The van der Waals surface area contributed by atoms with Crippen LogP contribution in [0.4, 0.5) is 4.79 Å². The summed E-state index contributed by atoms with van der Waals surface area (Å²) in [6.07, 6.45) is 4.93. The summed E-state index contributed by atoms with van der Waals surface area (Å²) in [6.45, 7) is 0.651. The molecule has 118 valence electrons. The lowest BCUT2D eigenvalue weighted by Gasteiger charge is -2.38. The van der Waals surface area contributed by atoms with Crippen LogP contribution in [0.3, 0.4) is 0 Å². The number of carbonyl (C=O) groups excluding carboxylic acids is 1. The van der Waals surface area contributed by atoms with Crippen LogP contribution < -0.4 is 5.32 Å². The van der Waals surface area contributed by atoms with E-state index in [1.165, 1.54) is 0 Å². The number of aliphatic carboxylic acids is 2. The number of nitrogens with zero attached hydrogens (tertiary/aromatic N) is 1. The predicted molar refractivity (Wildman–Crippen MR) is 73.9 cm³/mol. The van der Waals surface area contributed by atoms with Crippen LogP contribution >= 0.6 is 0 Å². The summed E-state index contributed by atoms with van der Waals surface area (Å²) >= 11 is 0. The predicted octanol–water partition coefficient (Wildman–Crippen LogP) is 1.28. The van der Waals surface area contributed by atoms with Gasteiger partial charge in [0.1, 0.15) is 6.04 Å². The zero-order valence-corrected chi connectivity index (χ0v) is 12.0. The molecule has 2 fully saturated rings. The van der Waals surface area contributed by atoms with Crippen molar-refractivity contribution in [3.8, 4) is 0 Å². The van der Waals surface area contributed by atoms with E-state index in [-0.39, 0.29) is 24.9 Å². The van der Waals surface area contributed by atoms with Crippen LogP contribution in [-0.4, -0.2) is 51.7 Å².